The second-order valence-corrected chi connectivity index (χ2v) is 5.39. The fourth-order valence-corrected chi connectivity index (χ4v) is 2.75. The summed E-state index contributed by atoms with van der Waals surface area (Å²) in [5.74, 6) is 0.712. The van der Waals surface area contributed by atoms with E-state index in [4.69, 9.17) is 4.42 Å². The molecule has 0 bridgehead atoms. The average Bonchev–Trinajstić information content (AvgIpc) is 3.28. The highest BCUT2D eigenvalue weighted by Gasteiger charge is 2.24. The summed E-state index contributed by atoms with van der Waals surface area (Å²) in [6, 6.07) is 12.0. The number of aromatic amines is 1. The fourth-order valence-electron chi connectivity index (χ4n) is 2.75. The number of para-hydroxylation sites is 1. The Balaban J connectivity index is 1.81. The Morgan fingerprint density at radius 3 is 2.84 bits per heavy atom. The SMILES string of the molecule is O=[N+]([O-])c1ccc(C(Nc2ccncn2)c2c[nH]c3ccccc23)o1. The maximum atomic E-state index is 11.0. The zero-order chi connectivity index (χ0) is 17.2. The van der Waals surface area contributed by atoms with Crippen LogP contribution in [-0.4, -0.2) is 19.9 Å². The number of H-pyrrole nitrogens is 1. The Kier molecular flexibility index (Phi) is 3.62. The minimum atomic E-state index is -0.555. The summed E-state index contributed by atoms with van der Waals surface area (Å²) >= 11 is 0. The normalized spacial score (nSPS) is 12.2. The predicted octanol–water partition coefficient (Wildman–Crippen LogP) is 3.66. The molecule has 1 unspecified atom stereocenters. The lowest BCUT2D eigenvalue weighted by atomic mass is 10.0. The van der Waals surface area contributed by atoms with Gasteiger partial charge in [-0.2, -0.15) is 0 Å². The highest BCUT2D eigenvalue weighted by molar-refractivity contribution is 5.84. The van der Waals surface area contributed by atoms with Gasteiger partial charge in [-0.3, -0.25) is 10.1 Å². The number of nitro groups is 1. The molecular weight excluding hydrogens is 322 g/mol. The van der Waals surface area contributed by atoms with Gasteiger partial charge in [-0.25, -0.2) is 9.97 Å². The Bertz CT molecular complexity index is 1020. The molecule has 2 N–H and O–H groups in total. The summed E-state index contributed by atoms with van der Waals surface area (Å²) in [5, 5.41) is 15.2. The molecule has 124 valence electrons. The molecule has 0 aliphatic rings. The molecule has 25 heavy (non-hydrogen) atoms. The van der Waals surface area contributed by atoms with Crippen LogP contribution in [0.2, 0.25) is 0 Å². The molecule has 0 aliphatic carbocycles. The summed E-state index contributed by atoms with van der Waals surface area (Å²) in [6.45, 7) is 0. The van der Waals surface area contributed by atoms with Crippen LogP contribution in [0.15, 0.2) is 65.6 Å². The molecule has 4 aromatic rings. The van der Waals surface area contributed by atoms with Crippen LogP contribution in [0, 0.1) is 10.1 Å². The first-order valence-corrected chi connectivity index (χ1v) is 7.55. The third kappa shape index (κ3) is 2.80. The molecule has 4 rings (SSSR count). The van der Waals surface area contributed by atoms with Crippen molar-refractivity contribution in [3.63, 3.8) is 0 Å². The van der Waals surface area contributed by atoms with Crippen LogP contribution in [-0.2, 0) is 0 Å². The Labute approximate surface area is 141 Å². The number of furan rings is 1. The van der Waals surface area contributed by atoms with Gasteiger partial charge in [0.25, 0.3) is 0 Å². The Morgan fingerprint density at radius 1 is 1.20 bits per heavy atom. The van der Waals surface area contributed by atoms with Gasteiger partial charge in [0.05, 0.1) is 6.07 Å². The van der Waals surface area contributed by atoms with Crippen molar-refractivity contribution < 1.29 is 9.34 Å². The molecule has 0 saturated heterocycles. The number of nitrogens with one attached hydrogen (secondary N) is 2. The zero-order valence-electron chi connectivity index (χ0n) is 12.9. The lowest BCUT2D eigenvalue weighted by Crippen LogP contribution is -2.12. The predicted molar refractivity (Wildman–Crippen MR) is 91.2 cm³/mol. The zero-order valence-corrected chi connectivity index (χ0v) is 12.9. The van der Waals surface area contributed by atoms with Crippen LogP contribution >= 0.6 is 0 Å². The molecule has 0 radical (unpaired) electrons. The summed E-state index contributed by atoms with van der Waals surface area (Å²) in [4.78, 5) is 21.7. The van der Waals surface area contributed by atoms with Crippen molar-refractivity contribution in [2.24, 2.45) is 0 Å². The molecular formula is C17H13N5O3. The second kappa shape index (κ2) is 6.08. The minimum Gasteiger partial charge on any atom is -0.403 e. The molecule has 1 aromatic carbocycles. The topological polar surface area (TPSA) is 110 Å². The van der Waals surface area contributed by atoms with E-state index < -0.39 is 11.0 Å². The fraction of sp³-hybridized carbons (Fsp3) is 0.0588. The Morgan fingerprint density at radius 2 is 2.08 bits per heavy atom. The smallest absolute Gasteiger partial charge is 0.403 e. The number of benzene rings is 1. The van der Waals surface area contributed by atoms with Crippen molar-refractivity contribution in [3.05, 3.63) is 82.6 Å². The molecule has 0 aliphatic heterocycles. The first-order chi connectivity index (χ1) is 12.2. The van der Waals surface area contributed by atoms with Gasteiger partial charge < -0.3 is 14.7 Å². The van der Waals surface area contributed by atoms with E-state index in [2.05, 4.69) is 20.3 Å². The molecule has 3 heterocycles. The monoisotopic (exact) mass is 335 g/mol. The third-order valence-corrected chi connectivity index (χ3v) is 3.88. The van der Waals surface area contributed by atoms with Gasteiger partial charge in [-0.05, 0) is 18.2 Å². The highest BCUT2D eigenvalue weighted by atomic mass is 16.6. The number of fused-ring (bicyclic) bond motifs is 1. The quantitative estimate of drug-likeness (QED) is 0.425. The van der Waals surface area contributed by atoms with E-state index in [0.29, 0.717) is 11.6 Å². The largest absolute Gasteiger partial charge is 0.433 e. The summed E-state index contributed by atoms with van der Waals surface area (Å²) in [7, 11) is 0. The van der Waals surface area contributed by atoms with Crippen molar-refractivity contribution in [1.82, 2.24) is 15.0 Å². The Hall–Kier alpha value is -3.68. The minimum absolute atomic E-state index is 0.302. The van der Waals surface area contributed by atoms with Gasteiger partial charge in [0.2, 0.25) is 0 Å². The second-order valence-electron chi connectivity index (χ2n) is 5.39. The van der Waals surface area contributed by atoms with Crippen LogP contribution in [0.1, 0.15) is 17.4 Å². The van der Waals surface area contributed by atoms with Gasteiger partial charge in [-0.15, -0.1) is 0 Å². The van der Waals surface area contributed by atoms with Crippen molar-refractivity contribution in [2.45, 2.75) is 6.04 Å². The molecule has 0 amide bonds. The molecule has 0 fully saturated rings. The molecule has 0 spiro atoms. The molecule has 3 aromatic heterocycles. The highest BCUT2D eigenvalue weighted by Crippen LogP contribution is 2.33. The summed E-state index contributed by atoms with van der Waals surface area (Å²) in [5.41, 5.74) is 1.87. The summed E-state index contributed by atoms with van der Waals surface area (Å²) in [6.07, 6.45) is 4.91. The van der Waals surface area contributed by atoms with Crippen molar-refractivity contribution >= 4 is 22.6 Å². The molecule has 8 nitrogen and oxygen atoms in total. The van der Waals surface area contributed by atoms with Gasteiger partial charge >= 0.3 is 5.88 Å². The van der Waals surface area contributed by atoms with E-state index in [1.165, 1.54) is 12.4 Å². The van der Waals surface area contributed by atoms with Gasteiger partial charge in [-0.1, -0.05) is 18.2 Å². The van der Waals surface area contributed by atoms with E-state index in [-0.39, 0.29) is 5.88 Å². The average molecular weight is 335 g/mol. The lowest BCUT2D eigenvalue weighted by Gasteiger charge is -2.16. The van der Waals surface area contributed by atoms with E-state index in [1.807, 2.05) is 30.5 Å². The van der Waals surface area contributed by atoms with E-state index in [1.54, 1.807) is 18.3 Å². The number of hydrogen-bond donors (Lipinski definition) is 2. The molecule has 1 atom stereocenters. The van der Waals surface area contributed by atoms with Crippen LogP contribution in [0.5, 0.6) is 0 Å². The number of aromatic nitrogens is 3. The summed E-state index contributed by atoms with van der Waals surface area (Å²) < 4.78 is 5.43. The number of nitrogens with zero attached hydrogens (tertiary/aromatic N) is 3. The maximum absolute atomic E-state index is 11.0. The first kappa shape index (κ1) is 14.9. The van der Waals surface area contributed by atoms with Crippen LogP contribution < -0.4 is 5.32 Å². The van der Waals surface area contributed by atoms with Crippen molar-refractivity contribution in [3.8, 4) is 0 Å². The van der Waals surface area contributed by atoms with Crippen molar-refractivity contribution in [2.75, 3.05) is 5.32 Å². The lowest BCUT2D eigenvalue weighted by molar-refractivity contribution is -0.402. The van der Waals surface area contributed by atoms with Crippen LogP contribution in [0.3, 0.4) is 0 Å². The third-order valence-electron chi connectivity index (χ3n) is 3.88. The van der Waals surface area contributed by atoms with Gasteiger partial charge in [0.15, 0.2) is 0 Å². The van der Waals surface area contributed by atoms with E-state index in [9.17, 15) is 10.1 Å². The standard InChI is InChI=1S/C17H13N5O3/c23-22(24)16-6-5-14(25-16)17(21-15-7-8-18-10-20-15)12-9-19-13-4-2-1-3-11(12)13/h1-10,17,19H,(H,18,20,21). The number of anilines is 1. The number of hydrogen-bond acceptors (Lipinski definition) is 6. The maximum Gasteiger partial charge on any atom is 0.433 e. The van der Waals surface area contributed by atoms with E-state index >= 15 is 0 Å². The van der Waals surface area contributed by atoms with Gasteiger partial charge in [0.1, 0.15) is 28.9 Å². The van der Waals surface area contributed by atoms with Crippen molar-refractivity contribution in [1.29, 1.82) is 0 Å². The van der Waals surface area contributed by atoms with Gasteiger partial charge in [0, 0.05) is 28.9 Å². The number of rotatable bonds is 5. The first-order valence-electron chi connectivity index (χ1n) is 7.55. The van der Waals surface area contributed by atoms with Crippen LogP contribution in [0.4, 0.5) is 11.7 Å². The molecule has 0 saturated carbocycles. The van der Waals surface area contributed by atoms with Crippen LogP contribution in [0.25, 0.3) is 10.9 Å². The van der Waals surface area contributed by atoms with E-state index in [0.717, 1.165) is 16.5 Å². The molecule has 8 heteroatoms.